The van der Waals surface area contributed by atoms with Crippen molar-refractivity contribution in [1.29, 1.82) is 5.26 Å². The Labute approximate surface area is 220 Å². The molecule has 0 aliphatic carbocycles. The molecule has 0 radical (unpaired) electrons. The highest BCUT2D eigenvalue weighted by Gasteiger charge is 2.18. The fourth-order valence-electron chi connectivity index (χ4n) is 3.46. The Morgan fingerprint density at radius 1 is 1.32 bits per heavy atom. The Balaban J connectivity index is 1.68. The predicted octanol–water partition coefficient (Wildman–Crippen LogP) is 4.71. The number of aryl methyl sites for hydroxylation is 2. The summed E-state index contributed by atoms with van der Waals surface area (Å²) in [4.78, 5) is 16.6. The number of carbonyl (C=O) groups excluding carboxylic acids is 1. The lowest BCUT2D eigenvalue weighted by Gasteiger charge is -2.13. The second-order valence-corrected chi connectivity index (χ2v) is 9.47. The van der Waals surface area contributed by atoms with Gasteiger partial charge in [0.2, 0.25) is 5.88 Å². The number of methoxy groups -OCH3 is 1. The van der Waals surface area contributed by atoms with Crippen LogP contribution < -0.4 is 10.2 Å². The van der Waals surface area contributed by atoms with Crippen LogP contribution in [0, 0.1) is 35.7 Å². The van der Waals surface area contributed by atoms with Crippen molar-refractivity contribution in [2.75, 3.05) is 13.7 Å². The number of halogens is 2. The van der Waals surface area contributed by atoms with Crippen molar-refractivity contribution in [2.45, 2.75) is 27.4 Å². The number of aromatic nitrogens is 2. The molecule has 0 aliphatic rings. The summed E-state index contributed by atoms with van der Waals surface area (Å²) < 4.78 is 14.7. The van der Waals surface area contributed by atoms with E-state index < -0.39 is 5.91 Å². The maximum atomic E-state index is 12.3. The van der Waals surface area contributed by atoms with Crippen LogP contribution in [0.15, 0.2) is 39.9 Å². The number of nitrogens with one attached hydrogen (secondary N) is 1. The Bertz CT molecular complexity index is 1280. The van der Waals surface area contributed by atoms with E-state index in [1.807, 2.05) is 19.9 Å². The van der Waals surface area contributed by atoms with Gasteiger partial charge in [-0.2, -0.15) is 10.4 Å². The lowest BCUT2D eigenvalue weighted by atomic mass is 10.1. The molecule has 1 amide bonds. The SMILES string of the molecule is COCc1c(Br)c(C)nc(OCC(=O)N/N=C\c2cc(C)n(-c3ccc(I)cc3)c2C)c1C#N. The van der Waals surface area contributed by atoms with Gasteiger partial charge in [-0.25, -0.2) is 10.4 Å². The highest BCUT2D eigenvalue weighted by molar-refractivity contribution is 14.1. The normalized spacial score (nSPS) is 11.0. The topological polar surface area (TPSA) is 102 Å². The first-order chi connectivity index (χ1) is 16.3. The number of rotatable bonds is 8. The second kappa shape index (κ2) is 11.6. The maximum absolute atomic E-state index is 12.3. The smallest absolute Gasteiger partial charge is 0.278 e. The molecule has 0 unspecified atom stereocenters. The quantitative estimate of drug-likeness (QED) is 0.219. The average Bonchev–Trinajstić information content (AvgIpc) is 3.09. The van der Waals surface area contributed by atoms with Crippen LogP contribution in [-0.2, 0) is 16.1 Å². The van der Waals surface area contributed by atoms with Crippen molar-refractivity contribution in [2.24, 2.45) is 5.10 Å². The number of amides is 1. The molecule has 0 bridgehead atoms. The highest BCUT2D eigenvalue weighted by Crippen LogP contribution is 2.30. The van der Waals surface area contributed by atoms with Gasteiger partial charge in [0.25, 0.3) is 5.91 Å². The van der Waals surface area contributed by atoms with Crippen molar-refractivity contribution in [3.8, 4) is 17.6 Å². The van der Waals surface area contributed by atoms with Crippen molar-refractivity contribution in [3.63, 3.8) is 0 Å². The summed E-state index contributed by atoms with van der Waals surface area (Å²) in [6, 6.07) is 12.3. The fourth-order valence-corrected chi connectivity index (χ4v) is 4.22. The van der Waals surface area contributed by atoms with E-state index in [-0.39, 0.29) is 24.7 Å². The number of hydrogen-bond donors (Lipinski definition) is 1. The first-order valence-electron chi connectivity index (χ1n) is 10.2. The van der Waals surface area contributed by atoms with E-state index in [1.165, 1.54) is 10.7 Å². The summed E-state index contributed by atoms with van der Waals surface area (Å²) in [5, 5.41) is 13.6. The van der Waals surface area contributed by atoms with Crippen molar-refractivity contribution >= 4 is 50.6 Å². The number of hydrazone groups is 1. The highest BCUT2D eigenvalue weighted by atomic mass is 127. The molecule has 3 rings (SSSR count). The molecular weight excluding hydrogens is 613 g/mol. The molecule has 2 aromatic heterocycles. The van der Waals surface area contributed by atoms with Gasteiger partial charge < -0.3 is 14.0 Å². The van der Waals surface area contributed by atoms with Gasteiger partial charge in [-0.3, -0.25) is 4.79 Å². The minimum Gasteiger partial charge on any atom is -0.467 e. The van der Waals surface area contributed by atoms with E-state index in [4.69, 9.17) is 9.47 Å². The van der Waals surface area contributed by atoms with Gasteiger partial charge in [0.1, 0.15) is 11.6 Å². The fraction of sp³-hybridized carbons (Fsp3) is 0.250. The molecule has 0 atom stereocenters. The number of carbonyl (C=O) groups is 1. The number of benzene rings is 1. The molecule has 0 spiro atoms. The minimum absolute atomic E-state index is 0.0791. The van der Waals surface area contributed by atoms with Gasteiger partial charge >= 0.3 is 0 Å². The number of pyridine rings is 1. The van der Waals surface area contributed by atoms with E-state index in [9.17, 15) is 10.1 Å². The number of ether oxygens (including phenoxy) is 2. The van der Waals surface area contributed by atoms with Crippen LogP contribution in [0.4, 0.5) is 0 Å². The molecule has 0 saturated carbocycles. The summed E-state index contributed by atoms with van der Waals surface area (Å²) >= 11 is 5.70. The van der Waals surface area contributed by atoms with Crippen LogP contribution in [-0.4, -0.2) is 35.4 Å². The third kappa shape index (κ3) is 5.84. The third-order valence-corrected chi connectivity index (χ3v) is 6.83. The molecular formula is C24H23BrIN5O3. The Morgan fingerprint density at radius 3 is 2.68 bits per heavy atom. The van der Waals surface area contributed by atoms with E-state index in [2.05, 4.69) is 88.9 Å². The standard InChI is InChI=1S/C24H23BrIN5O3/c1-14-9-17(16(3)31(14)19-7-5-18(26)6-8-19)11-28-30-22(32)13-34-24-20(10-27)21(12-33-4)23(25)15(2)29-24/h5-9,11H,12-13H2,1-4H3,(H,30,32)/b28-11-. The minimum atomic E-state index is -0.470. The Morgan fingerprint density at radius 2 is 2.03 bits per heavy atom. The van der Waals surface area contributed by atoms with Gasteiger partial charge in [0.15, 0.2) is 6.61 Å². The van der Waals surface area contributed by atoms with Crippen LogP contribution in [0.3, 0.4) is 0 Å². The number of nitriles is 1. The van der Waals surface area contributed by atoms with Crippen LogP contribution in [0.25, 0.3) is 5.69 Å². The van der Waals surface area contributed by atoms with Crippen LogP contribution in [0.2, 0.25) is 0 Å². The summed E-state index contributed by atoms with van der Waals surface area (Å²) in [6.45, 7) is 5.66. The third-order valence-electron chi connectivity index (χ3n) is 5.06. The van der Waals surface area contributed by atoms with Gasteiger partial charge in [-0.15, -0.1) is 0 Å². The molecule has 3 aromatic rings. The largest absolute Gasteiger partial charge is 0.467 e. The molecule has 1 aromatic carbocycles. The molecule has 176 valence electrons. The molecule has 0 saturated heterocycles. The monoisotopic (exact) mass is 635 g/mol. The van der Waals surface area contributed by atoms with Crippen molar-refractivity contribution in [1.82, 2.24) is 15.0 Å². The summed E-state index contributed by atoms with van der Waals surface area (Å²) in [7, 11) is 1.53. The zero-order chi connectivity index (χ0) is 24.8. The van der Waals surface area contributed by atoms with Gasteiger partial charge in [-0.1, -0.05) is 0 Å². The average molecular weight is 636 g/mol. The molecule has 8 nitrogen and oxygen atoms in total. The Hall–Kier alpha value is -2.75. The zero-order valence-corrected chi connectivity index (χ0v) is 22.9. The van der Waals surface area contributed by atoms with E-state index in [0.29, 0.717) is 15.7 Å². The van der Waals surface area contributed by atoms with E-state index in [1.54, 1.807) is 13.1 Å². The first kappa shape index (κ1) is 25.9. The summed E-state index contributed by atoms with van der Waals surface area (Å²) in [5.74, 6) is -0.391. The van der Waals surface area contributed by atoms with E-state index in [0.717, 1.165) is 22.6 Å². The molecule has 1 N–H and O–H groups in total. The maximum Gasteiger partial charge on any atom is 0.278 e. The van der Waals surface area contributed by atoms with Crippen LogP contribution in [0.5, 0.6) is 5.88 Å². The lowest BCUT2D eigenvalue weighted by molar-refractivity contribution is -0.123. The predicted molar refractivity (Wildman–Crippen MR) is 141 cm³/mol. The van der Waals surface area contributed by atoms with Crippen molar-refractivity contribution in [3.05, 3.63) is 72.1 Å². The summed E-state index contributed by atoms with van der Waals surface area (Å²) in [5.41, 5.74) is 7.94. The number of nitrogens with zero attached hydrogens (tertiary/aromatic N) is 4. The molecule has 0 aliphatic heterocycles. The van der Waals surface area contributed by atoms with Crippen LogP contribution in [0.1, 0.15) is 33.8 Å². The van der Waals surface area contributed by atoms with Gasteiger partial charge in [0.05, 0.1) is 18.5 Å². The van der Waals surface area contributed by atoms with Crippen LogP contribution >= 0.6 is 38.5 Å². The second-order valence-electron chi connectivity index (χ2n) is 7.43. The number of hydrogen-bond acceptors (Lipinski definition) is 6. The lowest BCUT2D eigenvalue weighted by Crippen LogP contribution is -2.25. The van der Waals surface area contributed by atoms with Gasteiger partial charge in [0, 0.05) is 43.4 Å². The molecule has 10 heteroatoms. The molecule has 2 heterocycles. The summed E-state index contributed by atoms with van der Waals surface area (Å²) in [6.07, 6.45) is 1.60. The molecule has 34 heavy (non-hydrogen) atoms. The molecule has 0 fully saturated rings. The first-order valence-corrected chi connectivity index (χ1v) is 12.1. The van der Waals surface area contributed by atoms with E-state index >= 15 is 0 Å². The van der Waals surface area contributed by atoms with Crippen molar-refractivity contribution < 1.29 is 14.3 Å². The zero-order valence-electron chi connectivity index (χ0n) is 19.1. The Kier molecular flexibility index (Phi) is 8.82. The van der Waals surface area contributed by atoms with Gasteiger partial charge in [-0.05, 0) is 89.6 Å².